The fraction of sp³-hybridized carbons (Fsp3) is 0.105. The quantitative estimate of drug-likeness (QED) is 0.372. The number of methoxy groups -OCH3 is 1. The molecule has 1 N–H and O–H groups in total. The number of hydrogen-bond donors (Lipinski definition) is 1. The summed E-state index contributed by atoms with van der Waals surface area (Å²) in [6.07, 6.45) is 1.35. The number of ether oxygens (including phenoxy) is 1. The molecule has 0 aliphatic heterocycles. The first kappa shape index (κ1) is 19.7. The zero-order valence-electron chi connectivity index (χ0n) is 15.5. The molecule has 0 saturated carbocycles. The van der Waals surface area contributed by atoms with E-state index in [-0.39, 0.29) is 11.4 Å². The van der Waals surface area contributed by atoms with Gasteiger partial charge in [-0.15, -0.1) is 5.10 Å². The number of hydrogen-bond acceptors (Lipinski definition) is 7. The SMILES string of the molecule is COc1cccc(-n2nnc3c(SCC(=O)Nc4ccc(F)cc4F)ncnc32)c1. The van der Waals surface area contributed by atoms with Crippen LogP contribution in [0.4, 0.5) is 14.5 Å². The van der Waals surface area contributed by atoms with E-state index < -0.39 is 17.5 Å². The van der Waals surface area contributed by atoms with Gasteiger partial charge in [0.05, 0.1) is 24.2 Å². The Morgan fingerprint density at radius 2 is 2.07 bits per heavy atom. The minimum absolute atomic E-state index is 0.0606. The molecule has 30 heavy (non-hydrogen) atoms. The second-order valence-electron chi connectivity index (χ2n) is 6.01. The monoisotopic (exact) mass is 428 g/mol. The predicted molar refractivity (Wildman–Crippen MR) is 107 cm³/mol. The number of carbonyl (C=O) groups excluding carboxylic acids is 1. The lowest BCUT2D eigenvalue weighted by Crippen LogP contribution is -2.15. The van der Waals surface area contributed by atoms with E-state index in [1.807, 2.05) is 12.1 Å². The first-order valence-corrected chi connectivity index (χ1v) is 9.62. The van der Waals surface area contributed by atoms with Crippen LogP contribution in [0.3, 0.4) is 0 Å². The van der Waals surface area contributed by atoms with Gasteiger partial charge in [-0.2, -0.15) is 4.68 Å². The maximum atomic E-state index is 13.7. The number of anilines is 1. The van der Waals surface area contributed by atoms with Crippen molar-refractivity contribution in [2.45, 2.75) is 5.03 Å². The van der Waals surface area contributed by atoms with Crippen LogP contribution in [0.1, 0.15) is 0 Å². The topological polar surface area (TPSA) is 94.8 Å². The van der Waals surface area contributed by atoms with Crippen molar-refractivity contribution in [1.82, 2.24) is 25.0 Å². The molecular weight excluding hydrogens is 414 g/mol. The molecule has 0 atom stereocenters. The standard InChI is InChI=1S/C19H14F2N6O2S/c1-29-13-4-2-3-12(8-13)27-18-17(25-26-27)19(23-10-22-18)30-9-16(28)24-15-6-5-11(20)7-14(15)21/h2-8,10H,9H2,1H3,(H,24,28). The normalized spacial score (nSPS) is 10.9. The number of halogens is 2. The van der Waals surface area contributed by atoms with Crippen molar-refractivity contribution in [1.29, 1.82) is 0 Å². The molecule has 0 fully saturated rings. The van der Waals surface area contributed by atoms with Crippen LogP contribution in [0.25, 0.3) is 16.9 Å². The van der Waals surface area contributed by atoms with E-state index in [0.717, 1.165) is 23.9 Å². The zero-order chi connectivity index (χ0) is 21.1. The van der Waals surface area contributed by atoms with E-state index >= 15 is 0 Å². The molecule has 0 unspecified atom stereocenters. The van der Waals surface area contributed by atoms with E-state index in [1.54, 1.807) is 19.2 Å². The van der Waals surface area contributed by atoms with Crippen molar-refractivity contribution in [3.8, 4) is 11.4 Å². The third-order valence-corrected chi connectivity index (χ3v) is 5.03. The first-order chi connectivity index (χ1) is 14.5. The summed E-state index contributed by atoms with van der Waals surface area (Å²) in [6, 6.07) is 10.2. The Kier molecular flexibility index (Phi) is 5.53. The average Bonchev–Trinajstić information content (AvgIpc) is 3.19. The van der Waals surface area contributed by atoms with Crippen LogP contribution >= 0.6 is 11.8 Å². The Labute approximate surface area is 173 Å². The Balaban J connectivity index is 1.52. The number of amides is 1. The van der Waals surface area contributed by atoms with Crippen LogP contribution in [0.15, 0.2) is 53.8 Å². The second kappa shape index (κ2) is 8.41. The minimum Gasteiger partial charge on any atom is -0.497 e. The van der Waals surface area contributed by atoms with Gasteiger partial charge in [0.15, 0.2) is 11.2 Å². The molecule has 0 bridgehead atoms. The van der Waals surface area contributed by atoms with E-state index in [0.29, 0.717) is 33.7 Å². The van der Waals surface area contributed by atoms with Crippen molar-refractivity contribution in [3.63, 3.8) is 0 Å². The first-order valence-electron chi connectivity index (χ1n) is 8.63. The van der Waals surface area contributed by atoms with Crippen LogP contribution in [-0.4, -0.2) is 43.7 Å². The average molecular weight is 428 g/mol. The summed E-state index contributed by atoms with van der Waals surface area (Å²) < 4.78 is 33.4. The van der Waals surface area contributed by atoms with Crippen LogP contribution in [-0.2, 0) is 4.79 Å². The molecule has 4 aromatic rings. The summed E-state index contributed by atoms with van der Waals surface area (Å²) in [4.78, 5) is 20.6. The van der Waals surface area contributed by atoms with Crippen molar-refractivity contribution < 1.29 is 18.3 Å². The zero-order valence-corrected chi connectivity index (χ0v) is 16.4. The molecule has 0 aliphatic carbocycles. The van der Waals surface area contributed by atoms with Crippen LogP contribution < -0.4 is 10.1 Å². The summed E-state index contributed by atoms with van der Waals surface area (Å²) >= 11 is 1.10. The highest BCUT2D eigenvalue weighted by Crippen LogP contribution is 2.25. The third kappa shape index (κ3) is 4.06. The number of rotatable bonds is 6. The molecule has 0 spiro atoms. The van der Waals surface area contributed by atoms with Crippen molar-refractivity contribution in [3.05, 3.63) is 60.4 Å². The molecule has 11 heteroatoms. The van der Waals surface area contributed by atoms with Crippen LogP contribution in [0.2, 0.25) is 0 Å². The predicted octanol–water partition coefficient (Wildman–Crippen LogP) is 3.23. The van der Waals surface area contributed by atoms with E-state index in [9.17, 15) is 13.6 Å². The van der Waals surface area contributed by atoms with E-state index in [1.165, 1.54) is 11.0 Å². The largest absolute Gasteiger partial charge is 0.497 e. The lowest BCUT2D eigenvalue weighted by Gasteiger charge is -2.06. The van der Waals surface area contributed by atoms with Gasteiger partial charge in [0.25, 0.3) is 0 Å². The summed E-state index contributed by atoms with van der Waals surface area (Å²) in [5.41, 5.74) is 1.49. The number of aromatic nitrogens is 5. The molecule has 0 aliphatic rings. The molecule has 0 radical (unpaired) electrons. The van der Waals surface area contributed by atoms with Gasteiger partial charge in [0, 0.05) is 12.1 Å². The van der Waals surface area contributed by atoms with Crippen LogP contribution in [0.5, 0.6) is 5.75 Å². The maximum Gasteiger partial charge on any atom is 0.234 e. The number of benzene rings is 2. The molecule has 2 aromatic heterocycles. The minimum atomic E-state index is -0.848. The van der Waals surface area contributed by atoms with Gasteiger partial charge in [-0.25, -0.2) is 18.7 Å². The second-order valence-corrected chi connectivity index (χ2v) is 6.98. The van der Waals surface area contributed by atoms with E-state index in [4.69, 9.17) is 4.74 Å². The van der Waals surface area contributed by atoms with Gasteiger partial charge in [-0.05, 0) is 24.3 Å². The fourth-order valence-corrected chi connectivity index (χ4v) is 3.39. The van der Waals surface area contributed by atoms with Gasteiger partial charge < -0.3 is 10.1 Å². The molecule has 4 rings (SSSR count). The smallest absolute Gasteiger partial charge is 0.234 e. The highest BCUT2D eigenvalue weighted by molar-refractivity contribution is 8.00. The number of fused-ring (bicyclic) bond motifs is 1. The number of nitrogens with zero attached hydrogens (tertiary/aromatic N) is 5. The Hall–Kier alpha value is -3.60. The third-order valence-electron chi connectivity index (χ3n) is 4.05. The lowest BCUT2D eigenvalue weighted by molar-refractivity contribution is -0.113. The fourth-order valence-electron chi connectivity index (χ4n) is 2.66. The highest BCUT2D eigenvalue weighted by atomic mass is 32.2. The summed E-state index contributed by atoms with van der Waals surface area (Å²) in [5.74, 6) is -1.45. The molecule has 2 heterocycles. The van der Waals surface area contributed by atoms with Gasteiger partial charge in [0.2, 0.25) is 5.91 Å². The number of nitrogens with one attached hydrogen (secondary N) is 1. The summed E-state index contributed by atoms with van der Waals surface area (Å²) in [5, 5.41) is 11.1. The van der Waals surface area contributed by atoms with Crippen molar-refractivity contribution in [2.24, 2.45) is 0 Å². The van der Waals surface area contributed by atoms with Gasteiger partial charge in [0.1, 0.15) is 28.7 Å². The molecule has 8 nitrogen and oxygen atoms in total. The maximum absolute atomic E-state index is 13.7. The van der Waals surface area contributed by atoms with E-state index in [2.05, 4.69) is 25.6 Å². The van der Waals surface area contributed by atoms with Gasteiger partial charge in [-0.1, -0.05) is 23.0 Å². The van der Waals surface area contributed by atoms with Crippen molar-refractivity contribution in [2.75, 3.05) is 18.2 Å². The molecule has 1 amide bonds. The summed E-state index contributed by atoms with van der Waals surface area (Å²) in [7, 11) is 1.57. The number of thioether (sulfide) groups is 1. The highest BCUT2D eigenvalue weighted by Gasteiger charge is 2.16. The Morgan fingerprint density at radius 3 is 2.87 bits per heavy atom. The van der Waals surface area contributed by atoms with Gasteiger partial charge in [-0.3, -0.25) is 4.79 Å². The number of carbonyl (C=O) groups is 1. The Morgan fingerprint density at radius 1 is 1.20 bits per heavy atom. The summed E-state index contributed by atoms with van der Waals surface area (Å²) in [6.45, 7) is 0. The molecule has 152 valence electrons. The van der Waals surface area contributed by atoms with Crippen molar-refractivity contribution >= 4 is 34.5 Å². The van der Waals surface area contributed by atoms with Gasteiger partial charge >= 0.3 is 0 Å². The van der Waals surface area contributed by atoms with Crippen LogP contribution in [0, 0.1) is 11.6 Å². The molecule has 2 aromatic carbocycles. The molecular formula is C19H14F2N6O2S. The lowest BCUT2D eigenvalue weighted by atomic mass is 10.3. The Bertz CT molecular complexity index is 1230. The molecule has 0 saturated heterocycles.